The number of rotatable bonds is 5. The molecule has 0 aliphatic rings. The number of hydrogen-bond acceptors (Lipinski definition) is 4. The van der Waals surface area contributed by atoms with Crippen LogP contribution in [0.5, 0.6) is 11.5 Å². The first-order valence-corrected chi connectivity index (χ1v) is 4.69. The third-order valence-electron chi connectivity index (χ3n) is 2.17. The summed E-state index contributed by atoms with van der Waals surface area (Å²) in [5.41, 5.74) is 8.60. The molecule has 7 nitrogen and oxygen atoms in total. The van der Waals surface area contributed by atoms with Crippen molar-refractivity contribution < 1.29 is 19.2 Å². The zero-order chi connectivity index (χ0) is 12.8. The summed E-state index contributed by atoms with van der Waals surface area (Å²) in [5.74, 6) is 0.670. The lowest BCUT2D eigenvalue weighted by Gasteiger charge is -2.08. The van der Waals surface area contributed by atoms with Gasteiger partial charge in [0.2, 0.25) is 0 Å². The summed E-state index contributed by atoms with van der Waals surface area (Å²) < 4.78 is 10.0. The molecule has 17 heavy (non-hydrogen) atoms. The molecule has 0 bridgehead atoms. The lowest BCUT2D eigenvalue weighted by atomic mass is 10.1. The summed E-state index contributed by atoms with van der Waals surface area (Å²) in [6, 6.07) is 2.76. The van der Waals surface area contributed by atoms with Crippen LogP contribution in [0.2, 0.25) is 0 Å². The van der Waals surface area contributed by atoms with Crippen molar-refractivity contribution in [3.05, 3.63) is 33.3 Å². The highest BCUT2D eigenvalue weighted by Crippen LogP contribution is 2.34. The molecule has 0 unspecified atom stereocenters. The minimum absolute atomic E-state index is 0.109. The number of nitro groups is 1. The maximum absolute atomic E-state index is 10.9. The molecule has 0 aliphatic heterocycles. The van der Waals surface area contributed by atoms with E-state index < -0.39 is 4.92 Å². The number of nitro benzene ring substituents is 1. The standard InChI is InChI=1S/C10H11N3O4/c1-16-9-5-7(3-4-12-11)8(13(14)15)6-10(9)17-2/h4-6H,3H2,1-2H3. The number of ether oxygens (including phenoxy) is 2. The van der Waals surface area contributed by atoms with Gasteiger partial charge in [0.25, 0.3) is 11.9 Å². The number of methoxy groups -OCH3 is 2. The van der Waals surface area contributed by atoms with Crippen molar-refractivity contribution >= 4 is 11.9 Å². The Labute approximate surface area is 97.4 Å². The highest BCUT2D eigenvalue weighted by atomic mass is 16.6. The Morgan fingerprint density at radius 1 is 1.41 bits per heavy atom. The van der Waals surface area contributed by atoms with Gasteiger partial charge in [-0.3, -0.25) is 10.1 Å². The summed E-state index contributed by atoms with van der Waals surface area (Å²) in [4.78, 5) is 13.1. The van der Waals surface area contributed by atoms with E-state index in [1.807, 2.05) is 0 Å². The average Bonchev–Trinajstić information content (AvgIpc) is 2.34. The van der Waals surface area contributed by atoms with Gasteiger partial charge in [-0.05, 0) is 6.07 Å². The van der Waals surface area contributed by atoms with E-state index in [0.29, 0.717) is 11.3 Å². The largest absolute Gasteiger partial charge is 0.493 e. The molecule has 1 aromatic rings. The summed E-state index contributed by atoms with van der Waals surface area (Å²) in [6.45, 7) is 0. The van der Waals surface area contributed by atoms with Crippen LogP contribution in [0.15, 0.2) is 12.1 Å². The van der Waals surface area contributed by atoms with Crippen molar-refractivity contribution in [1.82, 2.24) is 0 Å². The van der Waals surface area contributed by atoms with Gasteiger partial charge in [0.15, 0.2) is 11.5 Å². The fourth-order valence-corrected chi connectivity index (χ4v) is 1.38. The maximum Gasteiger partial charge on any atom is 0.277 e. The topological polar surface area (TPSA) is 98.0 Å². The van der Waals surface area contributed by atoms with Crippen LogP contribution in [0, 0.1) is 10.1 Å². The molecule has 0 amide bonds. The zero-order valence-electron chi connectivity index (χ0n) is 9.41. The smallest absolute Gasteiger partial charge is 0.277 e. The van der Waals surface area contributed by atoms with Crippen LogP contribution in [-0.4, -0.2) is 30.1 Å². The van der Waals surface area contributed by atoms with Gasteiger partial charge >= 0.3 is 0 Å². The van der Waals surface area contributed by atoms with E-state index in [9.17, 15) is 10.1 Å². The summed E-state index contributed by atoms with van der Waals surface area (Å²) in [7, 11) is 2.84. The average molecular weight is 237 g/mol. The third-order valence-corrected chi connectivity index (χ3v) is 2.17. The maximum atomic E-state index is 10.9. The molecular weight excluding hydrogens is 226 g/mol. The SMILES string of the molecule is COc1cc(CC=[N+]=[N-])c([N+](=O)[O-])cc1OC. The van der Waals surface area contributed by atoms with E-state index in [1.54, 1.807) is 0 Å². The van der Waals surface area contributed by atoms with Crippen molar-refractivity contribution in [2.24, 2.45) is 0 Å². The molecule has 1 aromatic carbocycles. The van der Waals surface area contributed by atoms with Crippen molar-refractivity contribution in [1.29, 1.82) is 0 Å². The minimum Gasteiger partial charge on any atom is -0.493 e. The van der Waals surface area contributed by atoms with Crippen LogP contribution in [0.3, 0.4) is 0 Å². The molecule has 1 rings (SSSR count). The van der Waals surface area contributed by atoms with Gasteiger partial charge in [-0.1, -0.05) is 0 Å². The molecule has 90 valence electrons. The van der Waals surface area contributed by atoms with E-state index >= 15 is 0 Å². The van der Waals surface area contributed by atoms with E-state index in [1.165, 1.54) is 26.4 Å². The zero-order valence-corrected chi connectivity index (χ0v) is 9.41. The molecule has 0 N–H and O–H groups in total. The fourth-order valence-electron chi connectivity index (χ4n) is 1.38. The van der Waals surface area contributed by atoms with Gasteiger partial charge in [-0.25, -0.2) is 0 Å². The van der Waals surface area contributed by atoms with Gasteiger partial charge in [0.1, 0.15) is 0 Å². The molecule has 0 fully saturated rings. The summed E-state index contributed by atoms with van der Waals surface area (Å²) >= 11 is 0. The van der Waals surface area contributed by atoms with Gasteiger partial charge in [-0.2, -0.15) is 4.79 Å². The first-order valence-electron chi connectivity index (χ1n) is 4.69. The Morgan fingerprint density at radius 3 is 2.47 bits per heavy atom. The quantitative estimate of drug-likeness (QED) is 0.254. The van der Waals surface area contributed by atoms with Crippen LogP contribution in [0.25, 0.3) is 5.53 Å². The van der Waals surface area contributed by atoms with E-state index in [-0.39, 0.29) is 17.9 Å². The molecular formula is C10H11N3O4. The van der Waals surface area contributed by atoms with Crippen LogP contribution in [0.4, 0.5) is 5.69 Å². The monoisotopic (exact) mass is 237 g/mol. The molecule has 7 heteroatoms. The number of hydrogen-bond donors (Lipinski definition) is 0. The Kier molecular flexibility index (Phi) is 4.19. The Bertz CT molecular complexity index is 481. The second-order valence-electron chi connectivity index (χ2n) is 3.10. The van der Waals surface area contributed by atoms with Gasteiger partial charge in [-0.15, -0.1) is 0 Å². The lowest BCUT2D eigenvalue weighted by Crippen LogP contribution is -2.00. The Morgan fingerprint density at radius 2 is 2.00 bits per heavy atom. The van der Waals surface area contributed by atoms with Crippen molar-refractivity contribution in [2.75, 3.05) is 14.2 Å². The molecule has 0 aliphatic carbocycles. The molecule has 0 atom stereocenters. The van der Waals surface area contributed by atoms with Crippen LogP contribution in [0.1, 0.15) is 5.56 Å². The Hall–Kier alpha value is -2.40. The fraction of sp³-hybridized carbons (Fsp3) is 0.300. The predicted molar refractivity (Wildman–Crippen MR) is 59.6 cm³/mol. The Balaban J connectivity index is 3.33. The molecule has 0 saturated heterocycles. The first kappa shape index (κ1) is 12.7. The third kappa shape index (κ3) is 2.79. The molecule has 0 saturated carbocycles. The highest BCUT2D eigenvalue weighted by Gasteiger charge is 2.19. The number of nitrogens with zero attached hydrogens (tertiary/aromatic N) is 3. The van der Waals surface area contributed by atoms with Crippen molar-refractivity contribution in [3.8, 4) is 11.5 Å². The van der Waals surface area contributed by atoms with Crippen molar-refractivity contribution in [3.63, 3.8) is 0 Å². The second-order valence-corrected chi connectivity index (χ2v) is 3.10. The summed E-state index contributed by atoms with van der Waals surface area (Å²) in [5, 5.41) is 10.9. The van der Waals surface area contributed by atoms with E-state index in [2.05, 4.69) is 4.79 Å². The van der Waals surface area contributed by atoms with Crippen LogP contribution in [-0.2, 0) is 6.42 Å². The minimum atomic E-state index is -0.525. The van der Waals surface area contributed by atoms with E-state index in [0.717, 1.165) is 6.21 Å². The van der Waals surface area contributed by atoms with Gasteiger partial charge in [0, 0.05) is 5.56 Å². The second kappa shape index (κ2) is 5.62. The summed E-state index contributed by atoms with van der Waals surface area (Å²) in [6.07, 6.45) is 1.29. The first-order chi connectivity index (χ1) is 8.13. The normalized spacial score (nSPS) is 9.29. The van der Waals surface area contributed by atoms with Gasteiger partial charge < -0.3 is 15.0 Å². The van der Waals surface area contributed by atoms with Crippen molar-refractivity contribution in [2.45, 2.75) is 6.42 Å². The van der Waals surface area contributed by atoms with Crippen LogP contribution >= 0.6 is 0 Å². The lowest BCUT2D eigenvalue weighted by molar-refractivity contribution is -0.385. The van der Waals surface area contributed by atoms with Crippen LogP contribution < -0.4 is 9.47 Å². The molecule has 0 heterocycles. The highest BCUT2D eigenvalue weighted by molar-refractivity contribution is 5.63. The molecule has 0 aromatic heterocycles. The molecule has 0 radical (unpaired) electrons. The molecule has 0 spiro atoms. The predicted octanol–water partition coefficient (Wildman–Crippen LogP) is 1.46. The van der Waals surface area contributed by atoms with Gasteiger partial charge in [0.05, 0.1) is 31.6 Å². The van der Waals surface area contributed by atoms with E-state index in [4.69, 9.17) is 15.0 Å². The number of benzene rings is 1.